The summed E-state index contributed by atoms with van der Waals surface area (Å²) in [6.07, 6.45) is 28.7. The Hall–Kier alpha value is -1.67. The number of carbonyl (C=O) groups excluding carboxylic acids is 2. The van der Waals surface area contributed by atoms with Crippen LogP contribution in [-0.2, 0) is 32.7 Å². The van der Waals surface area contributed by atoms with E-state index in [9.17, 15) is 44.6 Å². The molecular formula is C47H87O13P. The fourth-order valence-corrected chi connectivity index (χ4v) is 8.46. The molecule has 0 aromatic heterocycles. The zero-order valence-electron chi connectivity index (χ0n) is 38.0. The van der Waals surface area contributed by atoms with Gasteiger partial charge >= 0.3 is 19.8 Å². The number of aliphatic hydroxyl groups is 5. The molecule has 14 heteroatoms. The number of phosphoric ester groups is 1. The minimum absolute atomic E-state index is 0.152. The van der Waals surface area contributed by atoms with Gasteiger partial charge in [-0.2, -0.15) is 0 Å². The highest BCUT2D eigenvalue weighted by Gasteiger charge is 2.51. The molecule has 1 aliphatic carbocycles. The van der Waals surface area contributed by atoms with Gasteiger partial charge in [0, 0.05) is 12.5 Å². The first-order valence-electron chi connectivity index (χ1n) is 24.2. The average Bonchev–Trinajstić information content (AvgIpc) is 3.24. The van der Waals surface area contributed by atoms with Crippen LogP contribution in [0.15, 0.2) is 24.3 Å². The predicted octanol–water partition coefficient (Wildman–Crippen LogP) is 9.62. The number of hydrogen-bond acceptors (Lipinski definition) is 12. The summed E-state index contributed by atoms with van der Waals surface area (Å²) in [6.45, 7) is 3.22. The molecule has 0 amide bonds. The van der Waals surface area contributed by atoms with Gasteiger partial charge in [0.25, 0.3) is 0 Å². The molecular weight excluding hydrogens is 803 g/mol. The van der Waals surface area contributed by atoms with E-state index in [0.29, 0.717) is 6.42 Å². The number of hydrogen-bond donors (Lipinski definition) is 6. The summed E-state index contributed by atoms with van der Waals surface area (Å²) in [6, 6.07) is 0. The van der Waals surface area contributed by atoms with Crippen LogP contribution in [0.3, 0.4) is 0 Å². The molecule has 0 radical (unpaired) electrons. The summed E-state index contributed by atoms with van der Waals surface area (Å²) >= 11 is 0. The molecule has 0 aliphatic heterocycles. The van der Waals surface area contributed by atoms with Crippen LogP contribution >= 0.6 is 7.82 Å². The highest BCUT2D eigenvalue weighted by atomic mass is 31.2. The fraction of sp³-hybridized carbons (Fsp3) is 0.872. The molecule has 8 atom stereocenters. The molecule has 0 spiro atoms. The van der Waals surface area contributed by atoms with Crippen molar-refractivity contribution in [3.63, 3.8) is 0 Å². The second kappa shape index (κ2) is 37.7. The average molecular weight is 891 g/mol. The van der Waals surface area contributed by atoms with E-state index in [2.05, 4.69) is 13.8 Å². The third-order valence-corrected chi connectivity index (χ3v) is 12.4. The zero-order valence-corrected chi connectivity index (χ0v) is 38.9. The Labute approximate surface area is 368 Å². The lowest BCUT2D eigenvalue weighted by molar-refractivity contribution is -0.220. The van der Waals surface area contributed by atoms with Gasteiger partial charge in [-0.3, -0.25) is 13.8 Å². The molecule has 358 valence electrons. The fourth-order valence-electron chi connectivity index (χ4n) is 7.49. The van der Waals surface area contributed by atoms with Gasteiger partial charge in [0.05, 0.1) is 6.61 Å². The van der Waals surface area contributed by atoms with Crippen molar-refractivity contribution >= 4 is 19.8 Å². The number of carbonyl (C=O) groups is 2. The summed E-state index contributed by atoms with van der Waals surface area (Å²) in [5, 5.41) is 50.1. The molecule has 61 heavy (non-hydrogen) atoms. The van der Waals surface area contributed by atoms with Gasteiger partial charge in [0.1, 0.15) is 43.2 Å². The lowest BCUT2D eigenvalue weighted by atomic mass is 9.85. The number of phosphoric acid groups is 1. The second-order valence-electron chi connectivity index (χ2n) is 17.0. The molecule has 6 N–H and O–H groups in total. The van der Waals surface area contributed by atoms with Crippen LogP contribution in [0.5, 0.6) is 0 Å². The third kappa shape index (κ3) is 30.2. The van der Waals surface area contributed by atoms with Crippen molar-refractivity contribution in [2.75, 3.05) is 13.2 Å². The Kier molecular flexibility index (Phi) is 35.4. The van der Waals surface area contributed by atoms with E-state index >= 15 is 0 Å². The van der Waals surface area contributed by atoms with E-state index in [4.69, 9.17) is 18.5 Å². The van der Waals surface area contributed by atoms with Gasteiger partial charge < -0.3 is 39.9 Å². The van der Waals surface area contributed by atoms with E-state index in [1.807, 2.05) is 6.08 Å². The van der Waals surface area contributed by atoms with Gasteiger partial charge in [-0.1, -0.05) is 199 Å². The molecule has 13 nitrogen and oxygen atoms in total. The van der Waals surface area contributed by atoms with Crippen LogP contribution in [0.25, 0.3) is 0 Å². The highest BCUT2D eigenvalue weighted by molar-refractivity contribution is 7.47. The maximum absolute atomic E-state index is 12.8. The molecule has 1 saturated carbocycles. The third-order valence-electron chi connectivity index (χ3n) is 11.4. The van der Waals surface area contributed by atoms with Gasteiger partial charge in [0.2, 0.25) is 0 Å². The largest absolute Gasteiger partial charge is 0.472 e. The van der Waals surface area contributed by atoms with Crippen molar-refractivity contribution in [2.24, 2.45) is 0 Å². The maximum Gasteiger partial charge on any atom is 0.472 e. The van der Waals surface area contributed by atoms with Crippen molar-refractivity contribution in [3.05, 3.63) is 24.3 Å². The topological polar surface area (TPSA) is 210 Å². The van der Waals surface area contributed by atoms with E-state index in [0.717, 1.165) is 38.5 Å². The number of allylic oxidation sites excluding steroid dienone is 3. The molecule has 0 aromatic rings. The molecule has 1 fully saturated rings. The van der Waals surface area contributed by atoms with E-state index in [1.165, 1.54) is 153 Å². The Morgan fingerprint density at radius 3 is 1.38 bits per heavy atom. The SMILES string of the molecule is CCCCCCCCCCCCC/C=C/C=C/C(=O)O[C@@H](COC(=O)CCCCCCCCCCCCCCCCCCC)COP(=O)(O)OC1C(O)C(O)C(O)[C@H](O)C1O. The second-order valence-corrected chi connectivity index (χ2v) is 18.5. The van der Waals surface area contributed by atoms with Crippen LogP contribution in [0.1, 0.15) is 206 Å². The zero-order chi connectivity index (χ0) is 45.0. The molecule has 0 heterocycles. The lowest BCUT2D eigenvalue weighted by Crippen LogP contribution is -2.64. The van der Waals surface area contributed by atoms with Crippen LogP contribution in [0, 0.1) is 0 Å². The Bertz CT molecular complexity index is 1170. The van der Waals surface area contributed by atoms with Crippen LogP contribution < -0.4 is 0 Å². The van der Waals surface area contributed by atoms with Crippen molar-refractivity contribution in [1.29, 1.82) is 0 Å². The molecule has 0 aromatic carbocycles. The normalized spacial score (nSPS) is 22.2. The molecule has 0 saturated heterocycles. The Morgan fingerprint density at radius 2 is 0.934 bits per heavy atom. The highest BCUT2D eigenvalue weighted by Crippen LogP contribution is 2.47. The van der Waals surface area contributed by atoms with E-state index < -0.39 is 75.7 Å². The summed E-state index contributed by atoms with van der Waals surface area (Å²) in [7, 11) is -5.14. The van der Waals surface area contributed by atoms with Crippen molar-refractivity contribution in [1.82, 2.24) is 0 Å². The minimum Gasteiger partial charge on any atom is -0.462 e. The Morgan fingerprint density at radius 1 is 0.541 bits per heavy atom. The number of ether oxygens (including phenoxy) is 2. The summed E-state index contributed by atoms with van der Waals surface area (Å²) in [5.74, 6) is -1.34. The first kappa shape index (κ1) is 57.3. The number of rotatable bonds is 40. The van der Waals surface area contributed by atoms with Gasteiger partial charge in [-0.15, -0.1) is 0 Å². The number of esters is 2. The van der Waals surface area contributed by atoms with E-state index in [1.54, 1.807) is 6.08 Å². The first-order chi connectivity index (χ1) is 29.4. The summed E-state index contributed by atoms with van der Waals surface area (Å²) < 4.78 is 33.4. The quantitative estimate of drug-likeness (QED) is 0.0111. The lowest BCUT2D eigenvalue weighted by Gasteiger charge is -2.41. The van der Waals surface area contributed by atoms with Crippen molar-refractivity contribution in [3.8, 4) is 0 Å². The van der Waals surface area contributed by atoms with Crippen LogP contribution in [-0.4, -0.2) is 98.3 Å². The first-order valence-corrected chi connectivity index (χ1v) is 25.7. The van der Waals surface area contributed by atoms with Crippen molar-refractivity contribution in [2.45, 2.75) is 249 Å². The maximum atomic E-state index is 12.8. The standard InChI is InChI=1S/C47H87O13P/c1-3-5-7-9-11-13-15-17-19-20-22-23-25-27-29-31-33-35-40(48)57-37-39(38-58-61(55,56)60-47-45(53)43(51)42(50)44(52)46(47)54)59-41(49)36-34-32-30-28-26-24-21-18-16-14-12-10-8-6-4-2/h30,32,34,36,39,42-47,50-54H,3-29,31,33,35,37-38H2,1-2H3,(H,55,56)/b32-30+,36-34+/t39-,42?,43-,44?,45?,46?,47?/m0/s1. The summed E-state index contributed by atoms with van der Waals surface area (Å²) in [5.41, 5.74) is 0. The number of aliphatic hydroxyl groups excluding tert-OH is 5. The van der Waals surface area contributed by atoms with Gasteiger partial charge in [0.15, 0.2) is 6.10 Å². The summed E-state index contributed by atoms with van der Waals surface area (Å²) in [4.78, 5) is 35.6. The molecule has 6 unspecified atom stereocenters. The molecule has 1 aliphatic rings. The minimum atomic E-state index is -5.14. The van der Waals surface area contributed by atoms with Crippen molar-refractivity contribution < 1.29 is 63.1 Å². The monoisotopic (exact) mass is 891 g/mol. The van der Waals surface area contributed by atoms with E-state index in [-0.39, 0.29) is 6.42 Å². The van der Waals surface area contributed by atoms with Crippen LogP contribution in [0.4, 0.5) is 0 Å². The number of unbranched alkanes of at least 4 members (excludes halogenated alkanes) is 27. The van der Waals surface area contributed by atoms with Crippen LogP contribution in [0.2, 0.25) is 0 Å². The molecule has 1 rings (SSSR count). The predicted molar refractivity (Wildman–Crippen MR) is 240 cm³/mol. The van der Waals surface area contributed by atoms with Gasteiger partial charge in [-0.05, 0) is 19.3 Å². The smallest absolute Gasteiger partial charge is 0.462 e. The molecule has 0 bridgehead atoms. The van der Waals surface area contributed by atoms with Gasteiger partial charge in [-0.25, -0.2) is 9.36 Å². The Balaban J connectivity index is 2.47.